The average Bonchev–Trinajstić information content (AvgIpc) is 3.32. The highest BCUT2D eigenvalue weighted by atomic mass is 32.2. The third-order valence-electron chi connectivity index (χ3n) is 6.94. The summed E-state index contributed by atoms with van der Waals surface area (Å²) in [7, 11) is -7.06. The molecule has 204 valence electrons. The number of fused-ring (bicyclic) bond motifs is 1. The lowest BCUT2D eigenvalue weighted by Crippen LogP contribution is -2.17. The Kier molecular flexibility index (Phi) is 6.97. The Morgan fingerprint density at radius 2 is 1.32 bits per heavy atom. The molecule has 1 atom stereocenters. The quantitative estimate of drug-likeness (QED) is 0.229. The van der Waals surface area contributed by atoms with Gasteiger partial charge in [-0.1, -0.05) is 73.7 Å². The first kappa shape index (κ1) is 27.5. The van der Waals surface area contributed by atoms with E-state index in [0.29, 0.717) is 16.9 Å². The summed E-state index contributed by atoms with van der Waals surface area (Å²) in [5, 5.41) is 6.12. The van der Waals surface area contributed by atoms with E-state index in [2.05, 4.69) is 5.10 Å². The van der Waals surface area contributed by atoms with Crippen LogP contribution in [0.1, 0.15) is 34.6 Å². The Balaban J connectivity index is 1.55. The number of nitrogens with zero attached hydrogens (tertiary/aromatic N) is 2. The van der Waals surface area contributed by atoms with Crippen LogP contribution in [-0.4, -0.2) is 44.9 Å². The number of hydrogen-bond donors (Lipinski definition) is 0. The van der Waals surface area contributed by atoms with Crippen molar-refractivity contribution in [3.8, 4) is 16.8 Å². The van der Waals surface area contributed by atoms with E-state index >= 15 is 0 Å². The van der Waals surface area contributed by atoms with Gasteiger partial charge in [-0.15, -0.1) is 0 Å². The highest BCUT2D eigenvalue weighted by Crippen LogP contribution is 2.32. The molecule has 0 aliphatic heterocycles. The van der Waals surface area contributed by atoms with Gasteiger partial charge in [-0.05, 0) is 53.1 Å². The molecule has 1 aromatic heterocycles. The minimum Gasteiger partial charge on any atom is -0.292 e. The van der Waals surface area contributed by atoms with Crippen LogP contribution in [0.2, 0.25) is 0 Å². The fraction of sp³-hybridized carbons (Fsp3) is 0.161. The normalized spacial score (nSPS) is 12.9. The molecule has 5 rings (SSSR count). The lowest BCUT2D eigenvalue weighted by Gasteiger charge is -2.16. The number of hydrogen-bond acceptors (Lipinski definition) is 6. The highest BCUT2D eigenvalue weighted by Gasteiger charge is 2.26. The number of aryl methyl sites for hydroxylation is 1. The maximum atomic E-state index is 13.8. The molecule has 0 bridgehead atoms. The predicted molar refractivity (Wildman–Crippen MR) is 157 cm³/mol. The number of ketones is 1. The molecule has 7 nitrogen and oxygen atoms in total. The van der Waals surface area contributed by atoms with Gasteiger partial charge in [0.15, 0.2) is 25.5 Å². The van der Waals surface area contributed by atoms with E-state index < -0.39 is 25.6 Å². The van der Waals surface area contributed by atoms with Crippen LogP contribution in [0.5, 0.6) is 0 Å². The second kappa shape index (κ2) is 10.1. The van der Waals surface area contributed by atoms with Crippen LogP contribution in [0.15, 0.2) is 101 Å². The van der Waals surface area contributed by atoms with Crippen molar-refractivity contribution < 1.29 is 21.6 Å². The molecule has 0 aliphatic carbocycles. The third kappa shape index (κ3) is 5.22. The lowest BCUT2D eigenvalue weighted by atomic mass is 9.93. The predicted octanol–water partition coefficient (Wildman–Crippen LogP) is 5.79. The van der Waals surface area contributed by atoms with E-state index in [9.17, 15) is 21.6 Å². The fourth-order valence-corrected chi connectivity index (χ4v) is 6.66. The molecule has 9 heteroatoms. The van der Waals surface area contributed by atoms with Crippen LogP contribution in [0.3, 0.4) is 0 Å². The molecule has 4 aromatic carbocycles. The van der Waals surface area contributed by atoms with Gasteiger partial charge in [-0.25, -0.2) is 21.5 Å². The van der Waals surface area contributed by atoms with Crippen molar-refractivity contribution in [3.05, 3.63) is 108 Å². The monoisotopic (exact) mass is 572 g/mol. The van der Waals surface area contributed by atoms with Gasteiger partial charge in [0.2, 0.25) is 0 Å². The van der Waals surface area contributed by atoms with Crippen LogP contribution in [-0.2, 0) is 19.7 Å². The van der Waals surface area contributed by atoms with Gasteiger partial charge in [-0.3, -0.25) is 4.79 Å². The topological polar surface area (TPSA) is 103 Å². The Labute approximate surface area is 233 Å². The summed E-state index contributed by atoms with van der Waals surface area (Å²) < 4.78 is 51.5. The van der Waals surface area contributed by atoms with E-state index in [1.807, 2.05) is 36.4 Å². The number of carbonyl (C=O) groups is 1. The molecule has 5 aromatic rings. The molecule has 0 radical (unpaired) electrons. The second-order valence-electron chi connectivity index (χ2n) is 10.00. The zero-order valence-corrected chi connectivity index (χ0v) is 24.1. The Bertz CT molecular complexity index is 1990. The number of Topliss-reactive ketones (excluding diaryl/α,β-unsaturated/α-hetero) is 1. The van der Waals surface area contributed by atoms with Crippen molar-refractivity contribution in [2.75, 3.05) is 12.5 Å². The number of carbonyl (C=O) groups excluding carboxylic acids is 1. The van der Waals surface area contributed by atoms with E-state index in [1.165, 1.54) is 10.9 Å². The largest absolute Gasteiger partial charge is 0.292 e. The van der Waals surface area contributed by atoms with E-state index in [0.717, 1.165) is 28.2 Å². The fourth-order valence-electron chi connectivity index (χ4n) is 4.88. The van der Waals surface area contributed by atoms with Crippen LogP contribution >= 0.6 is 0 Å². The van der Waals surface area contributed by atoms with Gasteiger partial charge in [-0.2, -0.15) is 5.10 Å². The van der Waals surface area contributed by atoms with Crippen LogP contribution in [0.4, 0.5) is 0 Å². The van der Waals surface area contributed by atoms with Crippen LogP contribution < -0.4 is 0 Å². The zero-order chi connectivity index (χ0) is 28.8. The molecule has 0 fully saturated rings. The summed E-state index contributed by atoms with van der Waals surface area (Å²) >= 11 is 0. The van der Waals surface area contributed by atoms with Crippen molar-refractivity contribution in [1.29, 1.82) is 0 Å². The van der Waals surface area contributed by atoms with E-state index in [4.69, 9.17) is 0 Å². The molecule has 0 N–H and O–H groups in total. The molecule has 0 saturated heterocycles. The number of benzene rings is 4. The minimum atomic E-state index is -3.64. The molecule has 0 amide bonds. The van der Waals surface area contributed by atoms with Gasteiger partial charge in [0, 0.05) is 24.0 Å². The number of aromatic nitrogens is 2. The summed E-state index contributed by atoms with van der Waals surface area (Å²) in [5.74, 6) is -0.798. The third-order valence-corrected chi connectivity index (χ3v) is 9.22. The van der Waals surface area contributed by atoms with Gasteiger partial charge < -0.3 is 0 Å². The first-order valence-corrected chi connectivity index (χ1v) is 16.4. The van der Waals surface area contributed by atoms with Crippen LogP contribution in [0, 0.1) is 6.92 Å². The van der Waals surface area contributed by atoms with Crippen molar-refractivity contribution in [2.24, 2.45) is 0 Å². The van der Waals surface area contributed by atoms with E-state index in [-0.39, 0.29) is 21.3 Å². The molecular formula is C31H28N2O5S2. The summed E-state index contributed by atoms with van der Waals surface area (Å²) in [6, 6.07) is 26.5. The van der Waals surface area contributed by atoms with Gasteiger partial charge in [0.25, 0.3) is 0 Å². The highest BCUT2D eigenvalue weighted by molar-refractivity contribution is 7.91. The standard InChI is InChI=1S/C31H28N2O5S2/c1-20-17-28(33(32-20)27-18-24-9-5-6-10-25(24)19-30(27)40(4,37)38)31(34)21(2)22-13-15-23(16-14-22)26-11-7-8-12-29(26)39(3,35)36/h5-19,21H,1-4H3. The second-order valence-corrected chi connectivity index (χ2v) is 14.0. The number of sulfone groups is 2. The SMILES string of the molecule is Cc1cc(C(=O)C(C)c2ccc(-c3ccccc3S(C)(=O)=O)cc2)n(-c2cc3ccccc3cc2S(C)(=O)=O)n1. The average molecular weight is 573 g/mol. The Morgan fingerprint density at radius 3 is 1.95 bits per heavy atom. The van der Waals surface area contributed by atoms with Crippen molar-refractivity contribution >= 4 is 36.2 Å². The maximum Gasteiger partial charge on any atom is 0.188 e. The molecule has 1 unspecified atom stereocenters. The first-order chi connectivity index (χ1) is 18.8. The van der Waals surface area contributed by atoms with E-state index in [1.54, 1.807) is 68.4 Å². The maximum absolute atomic E-state index is 13.8. The van der Waals surface area contributed by atoms with Crippen molar-refractivity contribution in [3.63, 3.8) is 0 Å². The van der Waals surface area contributed by atoms with Gasteiger partial charge in [0.1, 0.15) is 5.69 Å². The van der Waals surface area contributed by atoms with Crippen molar-refractivity contribution in [1.82, 2.24) is 9.78 Å². The smallest absolute Gasteiger partial charge is 0.188 e. The zero-order valence-electron chi connectivity index (χ0n) is 22.5. The number of rotatable bonds is 7. The van der Waals surface area contributed by atoms with Crippen LogP contribution in [0.25, 0.3) is 27.6 Å². The molecule has 0 saturated carbocycles. The summed E-state index contributed by atoms with van der Waals surface area (Å²) in [5.41, 5.74) is 3.22. The molecule has 40 heavy (non-hydrogen) atoms. The Morgan fingerprint density at radius 1 is 0.750 bits per heavy atom. The van der Waals surface area contributed by atoms with Gasteiger partial charge >= 0.3 is 0 Å². The van der Waals surface area contributed by atoms with Crippen molar-refractivity contribution in [2.45, 2.75) is 29.6 Å². The summed E-state index contributed by atoms with van der Waals surface area (Å²) in [4.78, 5) is 14.2. The summed E-state index contributed by atoms with van der Waals surface area (Å²) in [6.45, 7) is 3.54. The molecule has 0 aliphatic rings. The lowest BCUT2D eigenvalue weighted by molar-refractivity contribution is 0.0958. The first-order valence-electron chi connectivity index (χ1n) is 12.6. The molecule has 0 spiro atoms. The van der Waals surface area contributed by atoms with Gasteiger partial charge in [0.05, 0.1) is 21.2 Å². The summed E-state index contributed by atoms with van der Waals surface area (Å²) in [6.07, 6.45) is 2.32. The Hall–Kier alpha value is -4.08. The minimum absolute atomic E-state index is 0.0879. The molecular weight excluding hydrogens is 544 g/mol. The molecule has 1 heterocycles.